The van der Waals surface area contributed by atoms with Crippen LogP contribution >= 0.6 is 0 Å². The van der Waals surface area contributed by atoms with Gasteiger partial charge in [-0.3, -0.25) is 0 Å². The van der Waals surface area contributed by atoms with Gasteiger partial charge in [0.05, 0.1) is 0 Å². The molecule has 2 nitrogen and oxygen atoms in total. The van der Waals surface area contributed by atoms with Crippen molar-refractivity contribution in [3.05, 3.63) is 59.8 Å². The number of hydrogen-bond acceptors (Lipinski definition) is 2. The van der Waals surface area contributed by atoms with Crippen LogP contribution in [0.5, 0.6) is 0 Å². The Balaban J connectivity index is 1.55. The molecule has 0 aromatic heterocycles. The van der Waals surface area contributed by atoms with Gasteiger partial charge in [-0.25, -0.2) is 0 Å². The highest BCUT2D eigenvalue weighted by atomic mass is 15.1. The molecule has 0 atom stereocenters. The third kappa shape index (κ3) is 9.87. The molecule has 1 aliphatic heterocycles. The van der Waals surface area contributed by atoms with Gasteiger partial charge in [0.25, 0.3) is 0 Å². The van der Waals surface area contributed by atoms with E-state index in [1.807, 2.05) is 0 Å². The van der Waals surface area contributed by atoms with E-state index in [1.165, 1.54) is 87.6 Å². The fraction of sp³-hybridized carbons (Fsp3) is 0.556. The second-order valence-corrected chi connectivity index (χ2v) is 8.52. The molecule has 2 heteroatoms. The summed E-state index contributed by atoms with van der Waals surface area (Å²) < 4.78 is 0. The molecule has 2 rings (SSSR count). The molecular formula is C27H42N2. The Labute approximate surface area is 180 Å². The summed E-state index contributed by atoms with van der Waals surface area (Å²) in [5.41, 5.74) is 3.79. The van der Waals surface area contributed by atoms with Crippen LogP contribution in [0.1, 0.15) is 76.7 Å². The van der Waals surface area contributed by atoms with Gasteiger partial charge >= 0.3 is 0 Å². The molecule has 0 aliphatic carbocycles. The summed E-state index contributed by atoms with van der Waals surface area (Å²) >= 11 is 0. The largest absolute Gasteiger partial charge is 0.378 e. The summed E-state index contributed by atoms with van der Waals surface area (Å²) in [4.78, 5) is 4.57. The Morgan fingerprint density at radius 2 is 1.45 bits per heavy atom. The molecule has 0 unspecified atom stereocenters. The fourth-order valence-electron chi connectivity index (χ4n) is 3.71. The van der Waals surface area contributed by atoms with Crippen LogP contribution in [0, 0.1) is 0 Å². The van der Waals surface area contributed by atoms with Crippen molar-refractivity contribution in [1.82, 2.24) is 4.90 Å². The van der Waals surface area contributed by atoms with Gasteiger partial charge < -0.3 is 9.80 Å². The standard InChI is InChI=1S/C27H42N2/c1-4-5-6-7-8-9-10-11-12-13-22-29-23-20-26(21-24-29)15-14-25-16-18-27(19-17-25)28(2)3/h14-21,23H,4-13,22,24H2,1-3H3/b15-14+. The van der Waals surface area contributed by atoms with E-state index in [9.17, 15) is 0 Å². The third-order valence-electron chi connectivity index (χ3n) is 5.72. The number of unbranched alkanes of at least 4 members (excludes halogenated alkanes) is 9. The monoisotopic (exact) mass is 394 g/mol. The second kappa shape index (κ2) is 14.1. The van der Waals surface area contributed by atoms with E-state index in [1.54, 1.807) is 0 Å². The van der Waals surface area contributed by atoms with Crippen molar-refractivity contribution in [2.24, 2.45) is 0 Å². The minimum Gasteiger partial charge on any atom is -0.378 e. The number of rotatable bonds is 14. The Morgan fingerprint density at radius 3 is 2.00 bits per heavy atom. The molecule has 0 bridgehead atoms. The van der Waals surface area contributed by atoms with E-state index < -0.39 is 0 Å². The van der Waals surface area contributed by atoms with E-state index in [0.29, 0.717) is 0 Å². The van der Waals surface area contributed by atoms with Crippen LogP contribution < -0.4 is 4.90 Å². The fourth-order valence-corrected chi connectivity index (χ4v) is 3.71. The molecule has 0 spiro atoms. The summed E-state index contributed by atoms with van der Waals surface area (Å²) in [6.45, 7) is 4.51. The van der Waals surface area contributed by atoms with E-state index >= 15 is 0 Å². The SMILES string of the molecule is CCCCCCCCCCCCN1C=CC(/C=C/c2ccc(N(C)C)cc2)=CC1. The normalized spacial score (nSPS) is 13.9. The van der Waals surface area contributed by atoms with Crippen molar-refractivity contribution >= 4 is 11.8 Å². The predicted octanol–water partition coefficient (Wildman–Crippen LogP) is 7.44. The van der Waals surface area contributed by atoms with Gasteiger partial charge in [-0.2, -0.15) is 0 Å². The summed E-state index contributed by atoms with van der Waals surface area (Å²) in [7, 11) is 4.15. The van der Waals surface area contributed by atoms with Crippen LogP contribution in [0.4, 0.5) is 5.69 Å². The van der Waals surface area contributed by atoms with Gasteiger partial charge in [0.15, 0.2) is 0 Å². The molecule has 0 radical (unpaired) electrons. The molecule has 0 saturated heterocycles. The van der Waals surface area contributed by atoms with E-state index in [-0.39, 0.29) is 0 Å². The van der Waals surface area contributed by atoms with Crippen LogP contribution in [0.15, 0.2) is 54.3 Å². The zero-order valence-corrected chi connectivity index (χ0v) is 19.1. The highest BCUT2D eigenvalue weighted by Crippen LogP contribution is 2.16. The molecular weight excluding hydrogens is 352 g/mol. The first kappa shape index (κ1) is 23.3. The van der Waals surface area contributed by atoms with Crippen LogP contribution in [-0.2, 0) is 0 Å². The molecule has 1 aromatic rings. The van der Waals surface area contributed by atoms with Crippen molar-refractivity contribution in [1.29, 1.82) is 0 Å². The van der Waals surface area contributed by atoms with Gasteiger partial charge in [-0.1, -0.05) is 95.1 Å². The highest BCUT2D eigenvalue weighted by Gasteiger charge is 2.03. The average Bonchev–Trinajstić information content (AvgIpc) is 2.74. The lowest BCUT2D eigenvalue weighted by molar-refractivity contribution is 0.391. The topological polar surface area (TPSA) is 6.48 Å². The Morgan fingerprint density at radius 1 is 0.828 bits per heavy atom. The zero-order chi connectivity index (χ0) is 20.7. The minimum absolute atomic E-state index is 1.03. The quantitative estimate of drug-likeness (QED) is 0.302. The van der Waals surface area contributed by atoms with Crippen LogP contribution in [0.25, 0.3) is 6.08 Å². The highest BCUT2D eigenvalue weighted by molar-refractivity contribution is 5.58. The first-order valence-electron chi connectivity index (χ1n) is 11.8. The first-order valence-corrected chi connectivity index (χ1v) is 11.8. The van der Waals surface area contributed by atoms with Crippen LogP contribution in [0.2, 0.25) is 0 Å². The molecule has 1 aromatic carbocycles. The third-order valence-corrected chi connectivity index (χ3v) is 5.72. The number of benzene rings is 1. The average molecular weight is 395 g/mol. The van der Waals surface area contributed by atoms with E-state index in [4.69, 9.17) is 0 Å². The molecule has 0 fully saturated rings. The smallest absolute Gasteiger partial charge is 0.0362 e. The Kier molecular flexibility index (Phi) is 11.3. The van der Waals surface area contributed by atoms with Crippen molar-refractivity contribution in [3.63, 3.8) is 0 Å². The number of nitrogens with zero attached hydrogens (tertiary/aromatic N) is 2. The second-order valence-electron chi connectivity index (χ2n) is 8.52. The summed E-state index contributed by atoms with van der Waals surface area (Å²) in [5, 5.41) is 0. The van der Waals surface area contributed by atoms with Gasteiger partial charge in [-0.15, -0.1) is 0 Å². The number of allylic oxidation sites excluding steroid dienone is 3. The molecule has 0 amide bonds. The van der Waals surface area contributed by atoms with Gasteiger partial charge in [0.2, 0.25) is 0 Å². The first-order chi connectivity index (χ1) is 14.2. The number of anilines is 1. The summed E-state index contributed by atoms with van der Waals surface area (Å²) in [6, 6.07) is 8.69. The molecule has 0 N–H and O–H groups in total. The number of hydrogen-bond donors (Lipinski definition) is 0. The Hall–Kier alpha value is -1.96. The minimum atomic E-state index is 1.03. The van der Waals surface area contributed by atoms with Crippen molar-refractivity contribution < 1.29 is 0 Å². The maximum absolute atomic E-state index is 2.44. The maximum Gasteiger partial charge on any atom is 0.0362 e. The van der Waals surface area contributed by atoms with Crippen molar-refractivity contribution in [2.45, 2.75) is 71.1 Å². The van der Waals surface area contributed by atoms with E-state index in [0.717, 1.165) is 6.54 Å². The van der Waals surface area contributed by atoms with Crippen LogP contribution in [-0.4, -0.2) is 32.1 Å². The molecule has 29 heavy (non-hydrogen) atoms. The van der Waals surface area contributed by atoms with Crippen molar-refractivity contribution in [2.75, 3.05) is 32.1 Å². The Bertz CT molecular complexity index is 637. The van der Waals surface area contributed by atoms with Gasteiger partial charge in [-0.05, 0) is 42.0 Å². The zero-order valence-electron chi connectivity index (χ0n) is 19.1. The molecule has 0 saturated carbocycles. The molecule has 1 aliphatic rings. The van der Waals surface area contributed by atoms with E-state index in [2.05, 4.69) is 85.6 Å². The van der Waals surface area contributed by atoms with Crippen molar-refractivity contribution in [3.8, 4) is 0 Å². The lowest BCUT2D eigenvalue weighted by Crippen LogP contribution is -2.20. The lowest BCUT2D eigenvalue weighted by atomic mass is 10.1. The lowest BCUT2D eigenvalue weighted by Gasteiger charge is -2.22. The predicted molar refractivity (Wildman–Crippen MR) is 130 cm³/mol. The van der Waals surface area contributed by atoms with Gasteiger partial charge in [0, 0.05) is 32.9 Å². The summed E-state index contributed by atoms with van der Waals surface area (Å²) in [5.74, 6) is 0. The summed E-state index contributed by atoms with van der Waals surface area (Å²) in [6.07, 6.45) is 25.3. The van der Waals surface area contributed by atoms with Crippen LogP contribution in [0.3, 0.4) is 0 Å². The van der Waals surface area contributed by atoms with Gasteiger partial charge in [0.1, 0.15) is 0 Å². The molecule has 1 heterocycles. The maximum atomic E-state index is 2.44. The molecule has 160 valence electrons.